The molecule has 0 radical (unpaired) electrons. The fraction of sp³-hybridized carbons (Fsp3) is 0.0476. The molecule has 0 aliphatic carbocycles. The molecule has 0 saturated carbocycles. The predicted molar refractivity (Wildman–Crippen MR) is 99.6 cm³/mol. The summed E-state index contributed by atoms with van der Waals surface area (Å²) in [5.41, 5.74) is 2.27. The van der Waals surface area contributed by atoms with Gasteiger partial charge in [0, 0.05) is 16.0 Å². The molecule has 0 unspecified atom stereocenters. The van der Waals surface area contributed by atoms with Crippen molar-refractivity contribution in [2.75, 3.05) is 0 Å². The average Bonchev–Trinajstić information content (AvgIpc) is 3.05. The molecule has 24 heavy (non-hydrogen) atoms. The van der Waals surface area contributed by atoms with Crippen LogP contribution in [0.25, 0.3) is 10.9 Å². The van der Waals surface area contributed by atoms with Crippen molar-refractivity contribution in [1.29, 1.82) is 0 Å². The van der Waals surface area contributed by atoms with Crippen molar-refractivity contribution in [2.45, 2.75) is 16.4 Å². The highest BCUT2D eigenvalue weighted by Crippen LogP contribution is 2.38. The van der Waals surface area contributed by atoms with E-state index in [2.05, 4.69) is 53.6 Å². The van der Waals surface area contributed by atoms with E-state index in [1.807, 2.05) is 36.4 Å². The molecule has 2 nitrogen and oxygen atoms in total. The number of fused-ring (bicyclic) bond motifs is 1. The van der Waals surface area contributed by atoms with Crippen LogP contribution in [0.3, 0.4) is 0 Å². The summed E-state index contributed by atoms with van der Waals surface area (Å²) in [6.07, 6.45) is 2.05. The van der Waals surface area contributed by atoms with E-state index in [1.54, 1.807) is 11.8 Å². The second-order valence-electron chi connectivity index (χ2n) is 5.52. The standard InChI is InChI=1S/C21H17NOS/c1-3-8-16(9-4-1)15-23-19-13-7-12-18-21(19)20(14-22-18)24-17-10-5-2-6-11-17/h1-14,22H,15H2. The van der Waals surface area contributed by atoms with Gasteiger partial charge in [-0.3, -0.25) is 0 Å². The minimum atomic E-state index is 0.570. The maximum absolute atomic E-state index is 6.11. The first kappa shape index (κ1) is 14.9. The zero-order valence-corrected chi connectivity index (χ0v) is 13.9. The molecule has 0 aliphatic rings. The maximum atomic E-state index is 6.11. The average molecular weight is 331 g/mol. The largest absolute Gasteiger partial charge is 0.488 e. The lowest BCUT2D eigenvalue weighted by Crippen LogP contribution is -1.95. The van der Waals surface area contributed by atoms with Crippen LogP contribution in [0.1, 0.15) is 5.56 Å². The number of aromatic nitrogens is 1. The molecule has 3 heteroatoms. The lowest BCUT2D eigenvalue weighted by molar-refractivity contribution is 0.310. The highest BCUT2D eigenvalue weighted by Gasteiger charge is 2.11. The molecule has 118 valence electrons. The Morgan fingerprint density at radius 1 is 0.792 bits per heavy atom. The van der Waals surface area contributed by atoms with Crippen LogP contribution in [0.4, 0.5) is 0 Å². The minimum Gasteiger partial charge on any atom is -0.488 e. The molecule has 0 fully saturated rings. The van der Waals surface area contributed by atoms with E-state index < -0.39 is 0 Å². The summed E-state index contributed by atoms with van der Waals surface area (Å²) in [7, 11) is 0. The van der Waals surface area contributed by atoms with Crippen molar-refractivity contribution in [3.63, 3.8) is 0 Å². The third kappa shape index (κ3) is 3.17. The van der Waals surface area contributed by atoms with E-state index in [0.717, 1.165) is 16.7 Å². The molecule has 0 atom stereocenters. The molecule has 1 heterocycles. The SMILES string of the molecule is c1ccc(COc2cccc3[nH]cc(Sc4ccccc4)c23)cc1. The molecule has 1 aromatic heterocycles. The first-order valence-electron chi connectivity index (χ1n) is 7.90. The van der Waals surface area contributed by atoms with Crippen molar-refractivity contribution in [3.8, 4) is 5.75 Å². The van der Waals surface area contributed by atoms with E-state index in [4.69, 9.17) is 4.74 Å². The summed E-state index contributed by atoms with van der Waals surface area (Å²) in [5, 5.41) is 1.14. The minimum absolute atomic E-state index is 0.570. The van der Waals surface area contributed by atoms with Gasteiger partial charge in [0.1, 0.15) is 12.4 Å². The third-order valence-electron chi connectivity index (χ3n) is 3.84. The summed E-state index contributed by atoms with van der Waals surface area (Å²) in [4.78, 5) is 5.75. The lowest BCUT2D eigenvalue weighted by atomic mass is 10.2. The van der Waals surface area contributed by atoms with Gasteiger partial charge in [0.2, 0.25) is 0 Å². The summed E-state index contributed by atoms with van der Waals surface area (Å²) >= 11 is 1.75. The predicted octanol–water partition coefficient (Wildman–Crippen LogP) is 5.90. The molecule has 0 saturated heterocycles. The third-order valence-corrected chi connectivity index (χ3v) is 4.89. The van der Waals surface area contributed by atoms with Crippen LogP contribution in [0.15, 0.2) is 94.9 Å². The number of rotatable bonds is 5. The Kier molecular flexibility index (Phi) is 4.26. The van der Waals surface area contributed by atoms with Crippen molar-refractivity contribution in [1.82, 2.24) is 4.98 Å². The Morgan fingerprint density at radius 2 is 1.54 bits per heavy atom. The van der Waals surface area contributed by atoms with Crippen molar-refractivity contribution in [3.05, 3.63) is 90.6 Å². The van der Waals surface area contributed by atoms with E-state index in [0.29, 0.717) is 6.61 Å². The van der Waals surface area contributed by atoms with Crippen LogP contribution in [0.2, 0.25) is 0 Å². The zero-order valence-electron chi connectivity index (χ0n) is 13.1. The number of benzene rings is 3. The van der Waals surface area contributed by atoms with Gasteiger partial charge in [0.25, 0.3) is 0 Å². The van der Waals surface area contributed by atoms with E-state index in [-0.39, 0.29) is 0 Å². The zero-order chi connectivity index (χ0) is 16.2. The highest BCUT2D eigenvalue weighted by molar-refractivity contribution is 7.99. The van der Waals surface area contributed by atoms with Crippen LogP contribution in [0.5, 0.6) is 5.75 Å². The lowest BCUT2D eigenvalue weighted by Gasteiger charge is -2.09. The normalized spacial score (nSPS) is 10.8. The molecule has 4 aromatic rings. The molecular weight excluding hydrogens is 314 g/mol. The van der Waals surface area contributed by atoms with Crippen LogP contribution < -0.4 is 4.74 Å². The van der Waals surface area contributed by atoms with E-state index >= 15 is 0 Å². The number of hydrogen-bond acceptors (Lipinski definition) is 2. The van der Waals surface area contributed by atoms with Gasteiger partial charge in [0.15, 0.2) is 0 Å². The summed E-state index contributed by atoms with van der Waals surface area (Å²) in [6.45, 7) is 0.570. The Labute approximate surface area is 145 Å². The Morgan fingerprint density at radius 3 is 2.33 bits per heavy atom. The maximum Gasteiger partial charge on any atom is 0.130 e. The van der Waals surface area contributed by atoms with Gasteiger partial charge in [-0.05, 0) is 29.8 Å². The van der Waals surface area contributed by atoms with Gasteiger partial charge in [0.05, 0.1) is 10.9 Å². The van der Waals surface area contributed by atoms with Crippen LogP contribution in [0, 0.1) is 0 Å². The number of aromatic amines is 1. The monoisotopic (exact) mass is 331 g/mol. The van der Waals surface area contributed by atoms with Gasteiger partial charge in [-0.25, -0.2) is 0 Å². The molecule has 1 N–H and O–H groups in total. The number of hydrogen-bond donors (Lipinski definition) is 1. The number of nitrogens with one attached hydrogen (secondary N) is 1. The van der Waals surface area contributed by atoms with Crippen molar-refractivity contribution >= 4 is 22.7 Å². The molecule has 0 spiro atoms. The van der Waals surface area contributed by atoms with Crippen LogP contribution in [-0.2, 0) is 6.61 Å². The quantitative estimate of drug-likeness (QED) is 0.492. The molecule has 0 amide bonds. The summed E-state index contributed by atoms with van der Waals surface area (Å²) < 4.78 is 6.11. The Bertz CT molecular complexity index is 932. The van der Waals surface area contributed by atoms with E-state index in [1.165, 1.54) is 15.4 Å². The van der Waals surface area contributed by atoms with Crippen LogP contribution >= 0.6 is 11.8 Å². The van der Waals surface area contributed by atoms with Crippen molar-refractivity contribution in [2.24, 2.45) is 0 Å². The fourth-order valence-electron chi connectivity index (χ4n) is 2.67. The highest BCUT2D eigenvalue weighted by atomic mass is 32.2. The smallest absolute Gasteiger partial charge is 0.130 e. The Hall–Kier alpha value is -2.65. The van der Waals surface area contributed by atoms with Gasteiger partial charge in [-0.15, -0.1) is 0 Å². The number of ether oxygens (including phenoxy) is 1. The van der Waals surface area contributed by atoms with Gasteiger partial charge >= 0.3 is 0 Å². The fourth-order valence-corrected chi connectivity index (χ4v) is 3.65. The summed E-state index contributed by atoms with van der Waals surface area (Å²) in [6, 6.07) is 26.8. The first-order valence-corrected chi connectivity index (χ1v) is 8.71. The first-order chi connectivity index (χ1) is 11.9. The van der Waals surface area contributed by atoms with Crippen LogP contribution in [-0.4, -0.2) is 4.98 Å². The van der Waals surface area contributed by atoms with Gasteiger partial charge < -0.3 is 9.72 Å². The van der Waals surface area contributed by atoms with E-state index in [9.17, 15) is 0 Å². The topological polar surface area (TPSA) is 25.0 Å². The molecule has 0 aliphatic heterocycles. The van der Waals surface area contributed by atoms with Crippen molar-refractivity contribution < 1.29 is 4.74 Å². The summed E-state index contributed by atoms with van der Waals surface area (Å²) in [5.74, 6) is 0.913. The molecular formula is C21H17NOS. The molecule has 0 bridgehead atoms. The molecule has 3 aromatic carbocycles. The number of H-pyrrole nitrogens is 1. The second kappa shape index (κ2) is 6.85. The Balaban J connectivity index is 1.64. The van der Waals surface area contributed by atoms with Gasteiger partial charge in [-0.1, -0.05) is 66.4 Å². The van der Waals surface area contributed by atoms with Gasteiger partial charge in [-0.2, -0.15) is 0 Å². The molecule has 4 rings (SSSR count). The second-order valence-corrected chi connectivity index (χ2v) is 6.64.